The van der Waals surface area contributed by atoms with Crippen molar-refractivity contribution in [2.24, 2.45) is 0 Å². The standard InChI is InChI=1S/C18H20N2O5/c1-4-16(25-18(22)12-5-7-19-8-6-12)17(21)20-13-9-14(23-2)11-15(10-13)24-3/h5-11,16H,4H2,1-3H3,(H,20,21). The first kappa shape index (κ1) is 18.3. The maximum Gasteiger partial charge on any atom is 0.339 e. The number of rotatable bonds is 7. The Morgan fingerprint density at radius 3 is 2.20 bits per heavy atom. The highest BCUT2D eigenvalue weighted by Crippen LogP contribution is 2.26. The van der Waals surface area contributed by atoms with Crippen LogP contribution in [0.5, 0.6) is 11.5 Å². The molecule has 0 radical (unpaired) electrons. The highest BCUT2D eigenvalue weighted by atomic mass is 16.5. The summed E-state index contributed by atoms with van der Waals surface area (Å²) >= 11 is 0. The fraction of sp³-hybridized carbons (Fsp3) is 0.278. The fourth-order valence-corrected chi connectivity index (χ4v) is 2.11. The van der Waals surface area contributed by atoms with Crippen LogP contribution in [-0.4, -0.2) is 37.2 Å². The van der Waals surface area contributed by atoms with Gasteiger partial charge in [0.05, 0.1) is 19.8 Å². The zero-order valence-corrected chi connectivity index (χ0v) is 14.3. The van der Waals surface area contributed by atoms with Gasteiger partial charge in [0.2, 0.25) is 0 Å². The second kappa shape index (κ2) is 8.68. The second-order valence-electron chi connectivity index (χ2n) is 5.13. The van der Waals surface area contributed by atoms with Gasteiger partial charge in [-0.05, 0) is 18.6 Å². The molecule has 0 aliphatic rings. The first-order chi connectivity index (χ1) is 12.1. The Morgan fingerprint density at radius 1 is 1.08 bits per heavy atom. The van der Waals surface area contributed by atoms with Crippen LogP contribution < -0.4 is 14.8 Å². The number of benzene rings is 1. The van der Waals surface area contributed by atoms with Crippen LogP contribution >= 0.6 is 0 Å². The van der Waals surface area contributed by atoms with Crippen molar-refractivity contribution in [2.75, 3.05) is 19.5 Å². The molecule has 0 saturated carbocycles. The molecule has 7 nitrogen and oxygen atoms in total. The van der Waals surface area contributed by atoms with Crippen molar-refractivity contribution in [3.63, 3.8) is 0 Å². The van der Waals surface area contributed by atoms with Gasteiger partial charge < -0.3 is 19.5 Å². The molecule has 0 spiro atoms. The number of aromatic nitrogens is 1. The van der Waals surface area contributed by atoms with E-state index in [9.17, 15) is 9.59 Å². The molecule has 1 N–H and O–H groups in total. The van der Waals surface area contributed by atoms with E-state index in [0.29, 0.717) is 29.2 Å². The van der Waals surface area contributed by atoms with Gasteiger partial charge in [0, 0.05) is 36.3 Å². The molecule has 7 heteroatoms. The van der Waals surface area contributed by atoms with Crippen LogP contribution in [-0.2, 0) is 9.53 Å². The lowest BCUT2D eigenvalue weighted by Crippen LogP contribution is -2.32. The molecule has 1 aromatic heterocycles. The highest BCUT2D eigenvalue weighted by Gasteiger charge is 2.22. The van der Waals surface area contributed by atoms with Crippen LogP contribution in [0.2, 0.25) is 0 Å². The number of hydrogen-bond acceptors (Lipinski definition) is 6. The molecule has 0 bridgehead atoms. The van der Waals surface area contributed by atoms with Crippen LogP contribution in [0.15, 0.2) is 42.7 Å². The van der Waals surface area contributed by atoms with Crippen molar-refractivity contribution < 1.29 is 23.8 Å². The van der Waals surface area contributed by atoms with Crippen LogP contribution in [0.3, 0.4) is 0 Å². The molecule has 2 aromatic rings. The van der Waals surface area contributed by atoms with Gasteiger partial charge in [-0.1, -0.05) is 6.92 Å². The lowest BCUT2D eigenvalue weighted by atomic mass is 10.2. The molecular weight excluding hydrogens is 324 g/mol. The number of carbonyl (C=O) groups is 2. The number of hydrogen-bond donors (Lipinski definition) is 1. The van der Waals surface area contributed by atoms with Gasteiger partial charge in [0.25, 0.3) is 5.91 Å². The number of amides is 1. The molecular formula is C18H20N2O5. The summed E-state index contributed by atoms with van der Waals surface area (Å²) in [6, 6.07) is 8.05. The molecule has 1 amide bonds. The first-order valence-electron chi connectivity index (χ1n) is 7.72. The van der Waals surface area contributed by atoms with Gasteiger partial charge in [-0.15, -0.1) is 0 Å². The summed E-state index contributed by atoms with van der Waals surface area (Å²) in [6.07, 6.45) is 2.39. The molecule has 0 saturated heterocycles. The van der Waals surface area contributed by atoms with Crippen molar-refractivity contribution in [1.29, 1.82) is 0 Å². The van der Waals surface area contributed by atoms with Crippen LogP contribution in [0.1, 0.15) is 23.7 Å². The quantitative estimate of drug-likeness (QED) is 0.777. The number of nitrogens with one attached hydrogen (secondary N) is 1. The van der Waals surface area contributed by atoms with Crippen LogP contribution in [0.25, 0.3) is 0 Å². The molecule has 1 atom stereocenters. The van der Waals surface area contributed by atoms with Gasteiger partial charge in [-0.25, -0.2) is 4.79 Å². The highest BCUT2D eigenvalue weighted by molar-refractivity contribution is 5.97. The van der Waals surface area contributed by atoms with E-state index in [-0.39, 0.29) is 0 Å². The van der Waals surface area contributed by atoms with Crippen molar-refractivity contribution in [2.45, 2.75) is 19.4 Å². The van der Waals surface area contributed by atoms with E-state index in [0.717, 1.165) is 0 Å². The monoisotopic (exact) mass is 344 g/mol. The van der Waals surface area contributed by atoms with E-state index in [1.54, 1.807) is 25.1 Å². The molecule has 1 unspecified atom stereocenters. The van der Waals surface area contributed by atoms with E-state index in [2.05, 4.69) is 10.3 Å². The predicted octanol–water partition coefficient (Wildman–Crippen LogP) is 2.67. The van der Waals surface area contributed by atoms with Gasteiger partial charge in [0.1, 0.15) is 11.5 Å². The Balaban J connectivity index is 2.08. The number of methoxy groups -OCH3 is 2. The van der Waals surface area contributed by atoms with Gasteiger partial charge >= 0.3 is 5.97 Å². The molecule has 25 heavy (non-hydrogen) atoms. The van der Waals surface area contributed by atoms with E-state index >= 15 is 0 Å². The lowest BCUT2D eigenvalue weighted by molar-refractivity contribution is -0.124. The van der Waals surface area contributed by atoms with Crippen molar-refractivity contribution >= 4 is 17.6 Å². The Bertz CT molecular complexity index is 711. The van der Waals surface area contributed by atoms with E-state index < -0.39 is 18.0 Å². The Morgan fingerprint density at radius 2 is 1.68 bits per heavy atom. The summed E-state index contributed by atoms with van der Waals surface area (Å²) < 4.78 is 15.6. The summed E-state index contributed by atoms with van der Waals surface area (Å²) in [6.45, 7) is 1.76. The smallest absolute Gasteiger partial charge is 0.339 e. The predicted molar refractivity (Wildman–Crippen MR) is 91.9 cm³/mol. The van der Waals surface area contributed by atoms with Crippen molar-refractivity contribution in [1.82, 2.24) is 4.98 Å². The number of nitrogens with zero attached hydrogens (tertiary/aromatic N) is 1. The molecule has 0 fully saturated rings. The second-order valence-corrected chi connectivity index (χ2v) is 5.13. The third-order valence-electron chi connectivity index (χ3n) is 3.45. The van der Waals surface area contributed by atoms with Crippen molar-refractivity contribution in [3.8, 4) is 11.5 Å². The van der Waals surface area contributed by atoms with Gasteiger partial charge in [-0.2, -0.15) is 0 Å². The number of anilines is 1. The van der Waals surface area contributed by atoms with Crippen LogP contribution in [0.4, 0.5) is 5.69 Å². The summed E-state index contributed by atoms with van der Waals surface area (Å²) in [4.78, 5) is 28.4. The van der Waals surface area contributed by atoms with E-state index in [1.165, 1.54) is 38.7 Å². The maximum atomic E-state index is 12.4. The normalized spacial score (nSPS) is 11.3. The lowest BCUT2D eigenvalue weighted by Gasteiger charge is -2.17. The van der Waals surface area contributed by atoms with E-state index in [1.807, 2.05) is 0 Å². The average Bonchev–Trinajstić information content (AvgIpc) is 2.65. The average molecular weight is 344 g/mol. The summed E-state index contributed by atoms with van der Waals surface area (Å²) in [5.41, 5.74) is 0.823. The molecule has 0 aliphatic carbocycles. The Labute approximate surface area is 145 Å². The number of pyridine rings is 1. The molecule has 2 rings (SSSR count). The van der Waals surface area contributed by atoms with E-state index in [4.69, 9.17) is 14.2 Å². The number of carbonyl (C=O) groups excluding carboxylic acids is 2. The largest absolute Gasteiger partial charge is 0.497 e. The summed E-state index contributed by atoms with van der Waals surface area (Å²) in [7, 11) is 3.04. The van der Waals surface area contributed by atoms with Crippen LogP contribution in [0, 0.1) is 0 Å². The van der Waals surface area contributed by atoms with Crippen molar-refractivity contribution in [3.05, 3.63) is 48.3 Å². The number of ether oxygens (including phenoxy) is 3. The molecule has 1 aromatic carbocycles. The topological polar surface area (TPSA) is 86.8 Å². The molecule has 132 valence electrons. The third kappa shape index (κ3) is 4.94. The first-order valence-corrected chi connectivity index (χ1v) is 7.72. The molecule has 0 aliphatic heterocycles. The Hall–Kier alpha value is -3.09. The van der Waals surface area contributed by atoms with Gasteiger partial charge in [-0.3, -0.25) is 9.78 Å². The Kier molecular flexibility index (Phi) is 6.33. The maximum absolute atomic E-state index is 12.4. The number of esters is 1. The summed E-state index contributed by atoms with van der Waals surface area (Å²) in [5.74, 6) is 0.0702. The summed E-state index contributed by atoms with van der Waals surface area (Å²) in [5, 5.41) is 2.71. The minimum absolute atomic E-state index is 0.337. The SMILES string of the molecule is CCC(OC(=O)c1ccncc1)C(=O)Nc1cc(OC)cc(OC)c1. The zero-order chi connectivity index (χ0) is 18.2. The third-order valence-corrected chi connectivity index (χ3v) is 3.45. The minimum atomic E-state index is -0.919. The zero-order valence-electron chi connectivity index (χ0n) is 14.3. The van der Waals surface area contributed by atoms with Gasteiger partial charge in [0.15, 0.2) is 6.10 Å². The fourth-order valence-electron chi connectivity index (χ4n) is 2.11. The molecule has 1 heterocycles. The minimum Gasteiger partial charge on any atom is -0.497 e.